The number of aromatic nitrogens is 1. The molecule has 0 saturated carbocycles. The molecule has 1 aliphatic rings. The Bertz CT molecular complexity index is 677. The van der Waals surface area contributed by atoms with Gasteiger partial charge < -0.3 is 15.5 Å². The van der Waals surface area contributed by atoms with Crippen molar-refractivity contribution in [3.05, 3.63) is 35.3 Å². The first-order valence-electron chi connectivity index (χ1n) is 7.89. The summed E-state index contributed by atoms with van der Waals surface area (Å²) in [6, 6.07) is 7.95. The van der Waals surface area contributed by atoms with Gasteiger partial charge in [-0.25, -0.2) is 9.78 Å². The van der Waals surface area contributed by atoms with Gasteiger partial charge in [-0.15, -0.1) is 11.3 Å². The third kappa shape index (κ3) is 4.30. The number of benzene rings is 1. The molecule has 1 saturated heterocycles. The lowest BCUT2D eigenvalue weighted by Crippen LogP contribution is -2.44. The molecule has 1 aromatic carbocycles. The summed E-state index contributed by atoms with van der Waals surface area (Å²) < 4.78 is 0. The minimum atomic E-state index is -0.132. The van der Waals surface area contributed by atoms with E-state index in [4.69, 9.17) is 0 Å². The Morgan fingerprint density at radius 1 is 1.35 bits per heavy atom. The first-order chi connectivity index (χ1) is 11.1. The number of hydrogen-bond acceptors (Lipinski definition) is 4. The van der Waals surface area contributed by atoms with Gasteiger partial charge in [-0.1, -0.05) is 12.1 Å². The Balaban J connectivity index is 1.60. The summed E-state index contributed by atoms with van der Waals surface area (Å²) in [5.74, 6) is 0. The number of anilines is 1. The summed E-state index contributed by atoms with van der Waals surface area (Å²) in [5, 5.41) is 9.00. The third-order valence-electron chi connectivity index (χ3n) is 4.04. The van der Waals surface area contributed by atoms with Crippen molar-refractivity contribution in [2.45, 2.75) is 25.8 Å². The van der Waals surface area contributed by atoms with Gasteiger partial charge in [0.1, 0.15) is 5.01 Å². The minimum absolute atomic E-state index is 0.132. The number of nitrogens with zero attached hydrogens (tertiary/aromatic N) is 2. The van der Waals surface area contributed by atoms with Gasteiger partial charge in [-0.05, 0) is 52.0 Å². The molecule has 1 aromatic heterocycles. The molecule has 0 spiro atoms. The molecule has 1 fully saturated rings. The molecule has 23 heavy (non-hydrogen) atoms. The van der Waals surface area contributed by atoms with E-state index < -0.39 is 0 Å². The summed E-state index contributed by atoms with van der Waals surface area (Å²) in [6.45, 7) is 4.05. The highest BCUT2D eigenvalue weighted by Gasteiger charge is 2.18. The lowest BCUT2D eigenvalue weighted by Gasteiger charge is -2.29. The zero-order chi connectivity index (χ0) is 16.2. The molecule has 1 aliphatic heterocycles. The summed E-state index contributed by atoms with van der Waals surface area (Å²) in [7, 11) is 2.11. The average Bonchev–Trinajstić information content (AvgIpc) is 2.96. The van der Waals surface area contributed by atoms with Crippen LogP contribution in [0.5, 0.6) is 0 Å². The highest BCUT2D eigenvalue weighted by atomic mass is 32.1. The smallest absolute Gasteiger partial charge is 0.319 e. The molecule has 3 rings (SSSR count). The summed E-state index contributed by atoms with van der Waals surface area (Å²) >= 11 is 1.61. The largest absolute Gasteiger partial charge is 0.335 e. The summed E-state index contributed by atoms with van der Waals surface area (Å²) in [6.07, 6.45) is 2.00. The van der Waals surface area contributed by atoms with E-state index in [1.165, 1.54) is 0 Å². The number of carbonyl (C=O) groups excluding carboxylic acids is 1. The van der Waals surface area contributed by atoms with Crippen molar-refractivity contribution >= 4 is 23.1 Å². The Kier molecular flexibility index (Phi) is 4.93. The number of likely N-dealkylation sites (tertiary alicyclic amines) is 1. The van der Waals surface area contributed by atoms with Crippen LogP contribution < -0.4 is 10.6 Å². The van der Waals surface area contributed by atoms with Crippen LogP contribution in [0.15, 0.2) is 29.6 Å². The molecular weight excluding hydrogens is 308 g/mol. The molecule has 2 amide bonds. The van der Waals surface area contributed by atoms with Crippen molar-refractivity contribution in [3.63, 3.8) is 0 Å². The SMILES string of the molecule is Cc1csc(-c2cccc(NC(=O)NC3CCN(C)CC3)c2)n1. The number of hydrogen-bond donors (Lipinski definition) is 2. The third-order valence-corrected chi connectivity index (χ3v) is 5.05. The molecular formula is C17H22N4OS. The van der Waals surface area contributed by atoms with E-state index in [2.05, 4.69) is 27.6 Å². The molecule has 6 heteroatoms. The predicted octanol–water partition coefficient (Wildman–Crippen LogP) is 3.33. The molecule has 0 radical (unpaired) electrons. The van der Waals surface area contributed by atoms with Crippen molar-refractivity contribution in [2.75, 3.05) is 25.5 Å². The molecule has 0 bridgehead atoms. The molecule has 0 aliphatic carbocycles. The number of thiazole rings is 1. The van der Waals surface area contributed by atoms with Crippen molar-refractivity contribution in [1.29, 1.82) is 0 Å². The second-order valence-electron chi connectivity index (χ2n) is 6.05. The molecule has 0 unspecified atom stereocenters. The fraction of sp³-hybridized carbons (Fsp3) is 0.412. The number of carbonyl (C=O) groups is 1. The lowest BCUT2D eigenvalue weighted by atomic mass is 10.1. The number of piperidine rings is 1. The van der Waals surface area contributed by atoms with E-state index in [0.29, 0.717) is 0 Å². The Hall–Kier alpha value is -1.92. The summed E-state index contributed by atoms with van der Waals surface area (Å²) in [4.78, 5) is 18.9. The maximum atomic E-state index is 12.2. The van der Waals surface area contributed by atoms with E-state index >= 15 is 0 Å². The second kappa shape index (κ2) is 7.10. The Morgan fingerprint density at radius 3 is 2.83 bits per heavy atom. The van der Waals surface area contributed by atoms with E-state index in [1.807, 2.05) is 36.6 Å². The monoisotopic (exact) mass is 330 g/mol. The van der Waals surface area contributed by atoms with Gasteiger partial charge in [0.05, 0.1) is 0 Å². The molecule has 2 aromatic rings. The lowest BCUT2D eigenvalue weighted by molar-refractivity contribution is 0.221. The number of rotatable bonds is 3. The molecule has 2 heterocycles. The maximum absolute atomic E-state index is 12.2. The first kappa shape index (κ1) is 16.0. The first-order valence-corrected chi connectivity index (χ1v) is 8.77. The van der Waals surface area contributed by atoms with Gasteiger partial charge in [0.2, 0.25) is 0 Å². The zero-order valence-electron chi connectivity index (χ0n) is 13.5. The molecule has 5 nitrogen and oxygen atoms in total. The van der Waals surface area contributed by atoms with Crippen LogP contribution in [0.1, 0.15) is 18.5 Å². The van der Waals surface area contributed by atoms with Gasteiger partial charge in [-0.2, -0.15) is 0 Å². The van der Waals surface area contributed by atoms with Gasteiger partial charge in [0.15, 0.2) is 0 Å². The number of amides is 2. The number of urea groups is 1. The maximum Gasteiger partial charge on any atom is 0.319 e. The summed E-state index contributed by atoms with van der Waals surface area (Å²) in [5.41, 5.74) is 2.84. The fourth-order valence-electron chi connectivity index (χ4n) is 2.72. The van der Waals surface area contributed by atoms with Gasteiger partial charge >= 0.3 is 6.03 Å². The van der Waals surface area contributed by atoms with E-state index in [9.17, 15) is 4.79 Å². The van der Waals surface area contributed by atoms with Crippen LogP contribution in [-0.2, 0) is 0 Å². The predicted molar refractivity (Wildman–Crippen MR) is 95.0 cm³/mol. The molecule has 2 N–H and O–H groups in total. The highest BCUT2D eigenvalue weighted by molar-refractivity contribution is 7.13. The normalized spacial score (nSPS) is 16.3. The van der Waals surface area contributed by atoms with Crippen molar-refractivity contribution in [2.24, 2.45) is 0 Å². The zero-order valence-corrected chi connectivity index (χ0v) is 14.3. The van der Waals surface area contributed by atoms with E-state index in [-0.39, 0.29) is 12.1 Å². The van der Waals surface area contributed by atoms with Crippen molar-refractivity contribution in [3.8, 4) is 10.6 Å². The topological polar surface area (TPSA) is 57.3 Å². The van der Waals surface area contributed by atoms with Crippen LogP contribution in [-0.4, -0.2) is 42.1 Å². The fourth-order valence-corrected chi connectivity index (χ4v) is 3.52. The Labute approximate surface area is 140 Å². The highest BCUT2D eigenvalue weighted by Crippen LogP contribution is 2.25. The van der Waals surface area contributed by atoms with Crippen LogP contribution in [0.2, 0.25) is 0 Å². The number of nitrogens with one attached hydrogen (secondary N) is 2. The Morgan fingerprint density at radius 2 is 2.13 bits per heavy atom. The van der Waals surface area contributed by atoms with Gasteiger partial charge in [0, 0.05) is 28.4 Å². The van der Waals surface area contributed by atoms with Gasteiger partial charge in [-0.3, -0.25) is 0 Å². The van der Waals surface area contributed by atoms with Gasteiger partial charge in [0.25, 0.3) is 0 Å². The van der Waals surface area contributed by atoms with Crippen LogP contribution in [0, 0.1) is 6.92 Å². The van der Waals surface area contributed by atoms with Crippen LogP contribution in [0.3, 0.4) is 0 Å². The number of aryl methyl sites for hydroxylation is 1. The molecule has 122 valence electrons. The van der Waals surface area contributed by atoms with Crippen molar-refractivity contribution in [1.82, 2.24) is 15.2 Å². The minimum Gasteiger partial charge on any atom is -0.335 e. The standard InChI is InChI=1S/C17H22N4OS/c1-12-11-23-16(18-12)13-4-3-5-15(10-13)20-17(22)19-14-6-8-21(2)9-7-14/h3-5,10-11,14H,6-9H2,1-2H3,(H2,19,20,22). The average molecular weight is 330 g/mol. The molecule has 0 atom stereocenters. The van der Waals surface area contributed by atoms with E-state index in [0.717, 1.165) is 47.9 Å². The second-order valence-corrected chi connectivity index (χ2v) is 6.91. The van der Waals surface area contributed by atoms with Crippen LogP contribution in [0.4, 0.5) is 10.5 Å². The van der Waals surface area contributed by atoms with Crippen molar-refractivity contribution < 1.29 is 4.79 Å². The van der Waals surface area contributed by atoms with Crippen LogP contribution >= 0.6 is 11.3 Å². The van der Waals surface area contributed by atoms with E-state index in [1.54, 1.807) is 11.3 Å². The quantitative estimate of drug-likeness (QED) is 0.907. The van der Waals surface area contributed by atoms with Crippen LogP contribution in [0.25, 0.3) is 10.6 Å².